The Hall–Kier alpha value is -1.59. The van der Waals surface area contributed by atoms with Gasteiger partial charge in [0.2, 0.25) is 0 Å². The van der Waals surface area contributed by atoms with E-state index in [1.54, 1.807) is 18.9 Å². The molecule has 0 aliphatic carbocycles. The fraction of sp³-hybridized carbons (Fsp3) is 0.375. The quantitative estimate of drug-likeness (QED) is 0.679. The molecule has 0 radical (unpaired) electrons. The molecule has 0 aliphatic rings. The molecular weight excluding hydrogens is 282 g/mol. The first-order chi connectivity index (χ1) is 10.0. The summed E-state index contributed by atoms with van der Waals surface area (Å²) in [6.07, 6.45) is 0. The van der Waals surface area contributed by atoms with Crippen LogP contribution in [0.4, 0.5) is 0 Å². The highest BCUT2D eigenvalue weighted by Gasteiger charge is 2.10. The van der Waals surface area contributed by atoms with E-state index in [-0.39, 0.29) is 6.04 Å². The monoisotopic (exact) mass is 303 g/mol. The predicted octanol–water partition coefficient (Wildman–Crippen LogP) is 3.20. The summed E-state index contributed by atoms with van der Waals surface area (Å²) in [5.74, 6) is 1.58. The maximum atomic E-state index is 6.22. The van der Waals surface area contributed by atoms with E-state index >= 15 is 0 Å². The summed E-state index contributed by atoms with van der Waals surface area (Å²) in [6.45, 7) is 6.07. The van der Waals surface area contributed by atoms with Crippen LogP contribution in [0.2, 0.25) is 0 Å². The number of hydrogen-bond donors (Lipinski definition) is 1. The van der Waals surface area contributed by atoms with Gasteiger partial charge in [-0.15, -0.1) is 0 Å². The Bertz CT molecular complexity index is 590. The van der Waals surface area contributed by atoms with Gasteiger partial charge in [-0.25, -0.2) is 9.97 Å². The van der Waals surface area contributed by atoms with Crippen LogP contribution in [0.1, 0.15) is 28.6 Å². The number of ether oxygens (including phenoxy) is 1. The molecule has 1 atom stereocenters. The molecule has 112 valence electrons. The SMILES string of the molecule is COc1ccc(C(N)CSc2nc(C)c(C)c(C)n2)cc1. The molecule has 1 heterocycles. The molecule has 0 saturated heterocycles. The van der Waals surface area contributed by atoms with E-state index in [9.17, 15) is 0 Å². The van der Waals surface area contributed by atoms with Crippen molar-refractivity contribution in [2.45, 2.75) is 32.0 Å². The van der Waals surface area contributed by atoms with Gasteiger partial charge in [0.05, 0.1) is 7.11 Å². The maximum Gasteiger partial charge on any atom is 0.188 e. The number of hydrogen-bond acceptors (Lipinski definition) is 5. The Kier molecular flexibility index (Phi) is 5.20. The first-order valence-electron chi connectivity index (χ1n) is 6.85. The molecule has 1 aromatic heterocycles. The summed E-state index contributed by atoms with van der Waals surface area (Å²) < 4.78 is 5.15. The second-order valence-electron chi connectivity index (χ2n) is 4.99. The summed E-state index contributed by atoms with van der Waals surface area (Å²) in [5.41, 5.74) is 10.5. The Morgan fingerprint density at radius 3 is 2.19 bits per heavy atom. The van der Waals surface area contributed by atoms with Gasteiger partial charge in [0, 0.05) is 23.2 Å². The highest BCUT2D eigenvalue weighted by atomic mass is 32.2. The zero-order chi connectivity index (χ0) is 15.4. The van der Waals surface area contributed by atoms with E-state index in [4.69, 9.17) is 10.5 Å². The zero-order valence-electron chi connectivity index (χ0n) is 12.9. The summed E-state index contributed by atoms with van der Waals surface area (Å²) in [4.78, 5) is 9.01. The normalized spacial score (nSPS) is 12.2. The minimum Gasteiger partial charge on any atom is -0.497 e. The molecule has 0 saturated carbocycles. The van der Waals surface area contributed by atoms with E-state index in [0.717, 1.165) is 39.2 Å². The number of benzene rings is 1. The third-order valence-electron chi connectivity index (χ3n) is 3.55. The topological polar surface area (TPSA) is 61.0 Å². The third kappa shape index (κ3) is 3.95. The number of aromatic nitrogens is 2. The van der Waals surface area contributed by atoms with Gasteiger partial charge in [0.1, 0.15) is 5.75 Å². The molecule has 21 heavy (non-hydrogen) atoms. The van der Waals surface area contributed by atoms with Crippen molar-refractivity contribution >= 4 is 11.8 Å². The summed E-state index contributed by atoms with van der Waals surface area (Å²) in [7, 11) is 1.66. The fourth-order valence-corrected chi connectivity index (χ4v) is 2.84. The average molecular weight is 303 g/mol. The van der Waals surface area contributed by atoms with Crippen molar-refractivity contribution in [3.63, 3.8) is 0 Å². The second-order valence-corrected chi connectivity index (χ2v) is 5.98. The van der Waals surface area contributed by atoms with Gasteiger partial charge >= 0.3 is 0 Å². The van der Waals surface area contributed by atoms with E-state index in [1.165, 1.54) is 0 Å². The number of aryl methyl sites for hydroxylation is 2. The van der Waals surface area contributed by atoms with Gasteiger partial charge in [0.25, 0.3) is 0 Å². The number of methoxy groups -OCH3 is 1. The predicted molar refractivity (Wildman–Crippen MR) is 86.9 cm³/mol. The summed E-state index contributed by atoms with van der Waals surface area (Å²) in [6, 6.07) is 7.80. The van der Waals surface area contributed by atoms with Gasteiger partial charge in [-0.3, -0.25) is 0 Å². The molecule has 0 spiro atoms. The second kappa shape index (κ2) is 6.91. The standard InChI is InChI=1S/C16H21N3OS/c1-10-11(2)18-16(19-12(10)3)21-9-15(17)13-5-7-14(20-4)8-6-13/h5-8,15H,9,17H2,1-4H3. The minimum atomic E-state index is -0.0496. The molecule has 1 unspecified atom stereocenters. The van der Waals surface area contributed by atoms with Crippen LogP contribution in [-0.4, -0.2) is 22.8 Å². The Morgan fingerprint density at radius 2 is 1.67 bits per heavy atom. The number of thioether (sulfide) groups is 1. The lowest BCUT2D eigenvalue weighted by Crippen LogP contribution is -2.13. The van der Waals surface area contributed by atoms with Crippen molar-refractivity contribution in [2.75, 3.05) is 12.9 Å². The summed E-state index contributed by atoms with van der Waals surface area (Å²) >= 11 is 1.59. The number of rotatable bonds is 5. The van der Waals surface area contributed by atoms with Crippen molar-refractivity contribution in [3.05, 3.63) is 46.8 Å². The van der Waals surface area contributed by atoms with Crippen LogP contribution < -0.4 is 10.5 Å². The van der Waals surface area contributed by atoms with Gasteiger partial charge < -0.3 is 10.5 Å². The van der Waals surface area contributed by atoms with Crippen molar-refractivity contribution in [1.82, 2.24) is 9.97 Å². The molecule has 0 fully saturated rings. The molecule has 1 aromatic carbocycles. The van der Waals surface area contributed by atoms with Gasteiger partial charge in [-0.05, 0) is 44.0 Å². The van der Waals surface area contributed by atoms with Gasteiger partial charge in [-0.2, -0.15) is 0 Å². The van der Waals surface area contributed by atoms with E-state index in [2.05, 4.69) is 9.97 Å². The molecule has 0 aliphatic heterocycles. The molecule has 0 amide bonds. The van der Waals surface area contributed by atoms with Gasteiger partial charge in [0.15, 0.2) is 5.16 Å². The third-order valence-corrected chi connectivity index (χ3v) is 4.51. The van der Waals surface area contributed by atoms with Crippen LogP contribution in [0.15, 0.2) is 29.4 Å². The molecule has 0 bridgehead atoms. The smallest absolute Gasteiger partial charge is 0.188 e. The Morgan fingerprint density at radius 1 is 1.10 bits per heavy atom. The molecule has 4 nitrogen and oxygen atoms in total. The maximum absolute atomic E-state index is 6.22. The van der Waals surface area contributed by atoms with Crippen LogP contribution in [0, 0.1) is 20.8 Å². The van der Waals surface area contributed by atoms with Crippen LogP contribution in [0.3, 0.4) is 0 Å². The van der Waals surface area contributed by atoms with Crippen molar-refractivity contribution < 1.29 is 4.74 Å². The van der Waals surface area contributed by atoms with E-state index < -0.39 is 0 Å². The molecule has 5 heteroatoms. The van der Waals surface area contributed by atoms with Crippen LogP contribution in [0.5, 0.6) is 5.75 Å². The molecular formula is C16H21N3OS. The van der Waals surface area contributed by atoms with Crippen LogP contribution in [-0.2, 0) is 0 Å². The molecule has 2 rings (SSSR count). The highest BCUT2D eigenvalue weighted by molar-refractivity contribution is 7.99. The lowest BCUT2D eigenvalue weighted by Gasteiger charge is -2.12. The largest absolute Gasteiger partial charge is 0.497 e. The summed E-state index contributed by atoms with van der Waals surface area (Å²) in [5, 5.41) is 0.791. The van der Waals surface area contributed by atoms with Crippen molar-refractivity contribution in [3.8, 4) is 5.75 Å². The van der Waals surface area contributed by atoms with Gasteiger partial charge in [-0.1, -0.05) is 23.9 Å². The van der Waals surface area contributed by atoms with Crippen LogP contribution in [0.25, 0.3) is 0 Å². The lowest BCUT2D eigenvalue weighted by molar-refractivity contribution is 0.414. The number of nitrogens with two attached hydrogens (primary N) is 1. The van der Waals surface area contributed by atoms with Crippen molar-refractivity contribution in [2.24, 2.45) is 5.73 Å². The first kappa shape index (κ1) is 15.8. The highest BCUT2D eigenvalue weighted by Crippen LogP contribution is 2.23. The zero-order valence-corrected chi connectivity index (χ0v) is 13.7. The Labute approximate surface area is 130 Å². The van der Waals surface area contributed by atoms with Crippen molar-refractivity contribution in [1.29, 1.82) is 0 Å². The minimum absolute atomic E-state index is 0.0496. The number of nitrogens with zero attached hydrogens (tertiary/aromatic N) is 2. The molecule has 2 aromatic rings. The Balaban J connectivity index is 2.01. The fourth-order valence-electron chi connectivity index (χ4n) is 1.92. The molecule has 2 N–H and O–H groups in total. The average Bonchev–Trinajstić information content (AvgIpc) is 2.50. The van der Waals surface area contributed by atoms with E-state index in [1.807, 2.05) is 45.0 Å². The van der Waals surface area contributed by atoms with Crippen LogP contribution >= 0.6 is 11.8 Å². The lowest BCUT2D eigenvalue weighted by atomic mass is 10.1. The van der Waals surface area contributed by atoms with E-state index in [0.29, 0.717) is 0 Å². The first-order valence-corrected chi connectivity index (χ1v) is 7.84.